The Bertz CT molecular complexity index is 878. The number of aromatic nitrogens is 2. The van der Waals surface area contributed by atoms with Gasteiger partial charge >= 0.3 is 6.36 Å². The molecule has 4 nitrogen and oxygen atoms in total. The van der Waals surface area contributed by atoms with Crippen LogP contribution in [-0.4, -0.2) is 26.6 Å². The monoisotopic (exact) mass is 350 g/mol. The zero-order chi connectivity index (χ0) is 18.2. The Kier molecular flexibility index (Phi) is 4.20. The van der Waals surface area contributed by atoms with Gasteiger partial charge in [-0.15, -0.1) is 13.2 Å². The van der Waals surface area contributed by atoms with Crippen molar-refractivity contribution in [3.8, 4) is 16.9 Å². The molecule has 0 saturated carbocycles. The molecule has 1 heterocycles. The summed E-state index contributed by atoms with van der Waals surface area (Å²) < 4.78 is 42.4. The highest BCUT2D eigenvalue weighted by Gasteiger charge is 2.30. The van der Waals surface area contributed by atoms with Crippen molar-refractivity contribution >= 4 is 11.0 Å². The van der Waals surface area contributed by atoms with Gasteiger partial charge in [0.05, 0.1) is 29.5 Å². The number of nitrogens with zero attached hydrogens (tertiary/aromatic N) is 2. The van der Waals surface area contributed by atoms with Gasteiger partial charge in [0, 0.05) is 0 Å². The molecule has 132 valence electrons. The second-order valence-corrected chi connectivity index (χ2v) is 6.46. The molecule has 1 aromatic heterocycles. The van der Waals surface area contributed by atoms with Crippen molar-refractivity contribution < 1.29 is 23.0 Å². The van der Waals surface area contributed by atoms with Gasteiger partial charge < -0.3 is 14.4 Å². The maximum Gasteiger partial charge on any atom is 0.573 e. The number of ether oxygens (including phenoxy) is 1. The van der Waals surface area contributed by atoms with Gasteiger partial charge in [0.15, 0.2) is 0 Å². The molecule has 0 saturated heterocycles. The third-order valence-corrected chi connectivity index (χ3v) is 3.60. The van der Waals surface area contributed by atoms with E-state index in [-0.39, 0.29) is 5.75 Å². The fourth-order valence-electron chi connectivity index (χ4n) is 2.64. The smallest absolute Gasteiger partial charge is 0.406 e. The number of rotatable bonds is 4. The van der Waals surface area contributed by atoms with Crippen LogP contribution in [0.2, 0.25) is 0 Å². The second-order valence-electron chi connectivity index (χ2n) is 6.46. The second kappa shape index (κ2) is 6.07. The van der Waals surface area contributed by atoms with Gasteiger partial charge in [0.2, 0.25) is 0 Å². The third kappa shape index (κ3) is 4.30. The van der Waals surface area contributed by atoms with E-state index < -0.39 is 12.0 Å². The van der Waals surface area contributed by atoms with Crippen LogP contribution in [0.4, 0.5) is 13.2 Å². The van der Waals surface area contributed by atoms with Gasteiger partial charge in [-0.3, -0.25) is 0 Å². The Hall–Kier alpha value is -2.54. The van der Waals surface area contributed by atoms with Crippen molar-refractivity contribution in [3.63, 3.8) is 0 Å². The predicted octanol–water partition coefficient (Wildman–Crippen LogP) is 4.37. The molecule has 0 unspecified atom stereocenters. The number of hydrogen-bond donors (Lipinski definition) is 1. The van der Waals surface area contributed by atoms with Crippen LogP contribution in [0.5, 0.6) is 5.75 Å². The standard InChI is InChI=1S/C18H17F3N2O2/c1-17(2,24)10-23-11-22-15-9-13(5-8-16(15)23)12-3-6-14(7-4-12)25-18(19,20)21/h3-9,11,24H,10H2,1-2H3. The highest BCUT2D eigenvalue weighted by molar-refractivity contribution is 5.82. The van der Waals surface area contributed by atoms with E-state index in [0.717, 1.165) is 22.2 Å². The minimum Gasteiger partial charge on any atom is -0.406 e. The molecule has 0 fully saturated rings. The summed E-state index contributed by atoms with van der Waals surface area (Å²) >= 11 is 0. The summed E-state index contributed by atoms with van der Waals surface area (Å²) in [6.45, 7) is 3.85. The first-order chi connectivity index (χ1) is 11.6. The highest BCUT2D eigenvalue weighted by Crippen LogP contribution is 2.28. The van der Waals surface area contributed by atoms with Gasteiger partial charge in [-0.1, -0.05) is 18.2 Å². The molecule has 7 heteroatoms. The summed E-state index contributed by atoms with van der Waals surface area (Å²) in [5, 5.41) is 9.95. The molecule has 3 rings (SSSR count). The first kappa shape index (κ1) is 17.3. The number of hydrogen-bond acceptors (Lipinski definition) is 3. The topological polar surface area (TPSA) is 47.3 Å². The van der Waals surface area contributed by atoms with E-state index in [0.29, 0.717) is 6.54 Å². The van der Waals surface area contributed by atoms with E-state index in [2.05, 4.69) is 9.72 Å². The Morgan fingerprint density at radius 3 is 2.28 bits per heavy atom. The summed E-state index contributed by atoms with van der Waals surface area (Å²) in [6, 6.07) is 11.3. The van der Waals surface area contributed by atoms with Gasteiger partial charge in [-0.25, -0.2) is 4.98 Å². The van der Waals surface area contributed by atoms with Crippen LogP contribution in [0.1, 0.15) is 13.8 Å². The van der Waals surface area contributed by atoms with E-state index in [1.165, 1.54) is 12.1 Å². The number of aliphatic hydroxyl groups is 1. The summed E-state index contributed by atoms with van der Waals surface area (Å²) in [7, 11) is 0. The van der Waals surface area contributed by atoms with Crippen molar-refractivity contribution in [1.82, 2.24) is 9.55 Å². The van der Waals surface area contributed by atoms with E-state index in [4.69, 9.17) is 0 Å². The number of benzene rings is 2. The van der Waals surface area contributed by atoms with E-state index in [9.17, 15) is 18.3 Å². The lowest BCUT2D eigenvalue weighted by atomic mass is 10.0. The molecule has 0 aliphatic rings. The molecule has 0 amide bonds. The quantitative estimate of drug-likeness (QED) is 0.760. The summed E-state index contributed by atoms with van der Waals surface area (Å²) in [6.07, 6.45) is -3.04. The lowest BCUT2D eigenvalue weighted by molar-refractivity contribution is -0.274. The number of imidazole rings is 1. The molecule has 25 heavy (non-hydrogen) atoms. The van der Waals surface area contributed by atoms with Crippen molar-refractivity contribution in [2.45, 2.75) is 32.4 Å². The number of alkyl halides is 3. The summed E-state index contributed by atoms with van der Waals surface area (Å²) in [5.74, 6) is -0.258. The fraction of sp³-hybridized carbons (Fsp3) is 0.278. The van der Waals surface area contributed by atoms with Crippen molar-refractivity contribution in [1.29, 1.82) is 0 Å². The third-order valence-electron chi connectivity index (χ3n) is 3.60. The Balaban J connectivity index is 1.87. The Morgan fingerprint density at radius 1 is 1.04 bits per heavy atom. The molecular formula is C18H17F3N2O2. The van der Waals surface area contributed by atoms with Crippen molar-refractivity contribution in [2.24, 2.45) is 0 Å². The average molecular weight is 350 g/mol. The van der Waals surface area contributed by atoms with Crippen LogP contribution in [0.15, 0.2) is 48.8 Å². The van der Waals surface area contributed by atoms with Crippen LogP contribution in [0.25, 0.3) is 22.2 Å². The molecule has 3 aromatic rings. The zero-order valence-corrected chi connectivity index (χ0v) is 13.7. The maximum absolute atomic E-state index is 12.2. The molecule has 1 N–H and O–H groups in total. The molecule has 0 aliphatic carbocycles. The van der Waals surface area contributed by atoms with Gasteiger partial charge in [0.25, 0.3) is 0 Å². The lowest BCUT2D eigenvalue weighted by Crippen LogP contribution is -2.25. The van der Waals surface area contributed by atoms with Crippen LogP contribution in [0.3, 0.4) is 0 Å². The zero-order valence-electron chi connectivity index (χ0n) is 13.7. The number of halogens is 3. The summed E-state index contributed by atoms with van der Waals surface area (Å²) in [4.78, 5) is 4.33. The molecule has 0 spiro atoms. The van der Waals surface area contributed by atoms with E-state index >= 15 is 0 Å². The maximum atomic E-state index is 12.2. The van der Waals surface area contributed by atoms with Crippen molar-refractivity contribution in [2.75, 3.05) is 0 Å². The highest BCUT2D eigenvalue weighted by atomic mass is 19.4. The van der Waals surface area contributed by atoms with Crippen LogP contribution in [-0.2, 0) is 6.54 Å². The predicted molar refractivity (Wildman–Crippen MR) is 88.1 cm³/mol. The van der Waals surface area contributed by atoms with E-state index in [1.54, 1.807) is 32.3 Å². The first-order valence-electron chi connectivity index (χ1n) is 7.64. The van der Waals surface area contributed by atoms with Gasteiger partial charge in [-0.2, -0.15) is 0 Å². The SMILES string of the molecule is CC(C)(O)Cn1cnc2cc(-c3ccc(OC(F)(F)F)cc3)ccc21. The van der Waals surface area contributed by atoms with Gasteiger partial charge in [-0.05, 0) is 49.2 Å². The van der Waals surface area contributed by atoms with E-state index in [1.807, 2.05) is 22.8 Å². The van der Waals surface area contributed by atoms with Crippen LogP contribution >= 0.6 is 0 Å². The molecule has 0 bridgehead atoms. The minimum atomic E-state index is -4.70. The molecular weight excluding hydrogens is 333 g/mol. The fourth-order valence-corrected chi connectivity index (χ4v) is 2.64. The molecule has 0 radical (unpaired) electrons. The number of fused-ring (bicyclic) bond motifs is 1. The van der Waals surface area contributed by atoms with Crippen molar-refractivity contribution in [3.05, 3.63) is 48.8 Å². The average Bonchev–Trinajstić information content (AvgIpc) is 2.87. The first-order valence-corrected chi connectivity index (χ1v) is 7.64. The molecule has 0 atom stereocenters. The van der Waals surface area contributed by atoms with Crippen LogP contribution < -0.4 is 4.74 Å². The Labute approximate surface area is 142 Å². The van der Waals surface area contributed by atoms with Crippen LogP contribution in [0, 0.1) is 0 Å². The normalized spacial score (nSPS) is 12.6. The molecule has 2 aromatic carbocycles. The summed E-state index contributed by atoms with van der Waals surface area (Å²) in [5.41, 5.74) is 2.36. The Morgan fingerprint density at radius 2 is 1.68 bits per heavy atom. The minimum absolute atomic E-state index is 0.258. The largest absolute Gasteiger partial charge is 0.573 e. The molecule has 0 aliphatic heterocycles. The van der Waals surface area contributed by atoms with Gasteiger partial charge in [0.1, 0.15) is 5.75 Å². The lowest BCUT2D eigenvalue weighted by Gasteiger charge is -2.18.